The minimum absolute atomic E-state index is 0. The Morgan fingerprint density at radius 2 is 2.19 bits per heavy atom. The van der Waals surface area contributed by atoms with E-state index in [-0.39, 0.29) is 19.0 Å². The number of halogens is 3. The maximum absolute atomic E-state index is 12.1. The summed E-state index contributed by atoms with van der Waals surface area (Å²) in [6, 6.07) is 0. The van der Waals surface area contributed by atoms with Crippen LogP contribution >= 0.6 is 12.4 Å². The van der Waals surface area contributed by atoms with Gasteiger partial charge >= 0.3 is 0 Å². The minimum atomic E-state index is -2.35. The zero-order valence-corrected chi connectivity index (χ0v) is 10.4. The second-order valence-corrected chi connectivity index (χ2v) is 3.51. The second kappa shape index (κ2) is 7.57. The lowest BCUT2D eigenvalue weighted by Crippen LogP contribution is -2.15. The lowest BCUT2D eigenvalue weighted by atomic mass is 10.2. The van der Waals surface area contributed by atoms with Crippen LogP contribution < -0.4 is 5.32 Å². The third kappa shape index (κ3) is 4.45. The minimum Gasteiger partial charge on any atom is -0.313 e. The van der Waals surface area contributed by atoms with Crippen molar-refractivity contribution in [3.05, 3.63) is 17.5 Å². The van der Waals surface area contributed by atoms with Gasteiger partial charge in [-0.3, -0.25) is 4.68 Å². The van der Waals surface area contributed by atoms with E-state index in [0.29, 0.717) is 6.54 Å². The Kier molecular flexibility index (Phi) is 7.25. The molecule has 0 fully saturated rings. The molecule has 0 bridgehead atoms. The Labute approximate surface area is 101 Å². The van der Waals surface area contributed by atoms with Gasteiger partial charge in [-0.05, 0) is 19.9 Å². The number of rotatable bonds is 6. The van der Waals surface area contributed by atoms with Crippen LogP contribution in [-0.2, 0) is 13.1 Å². The lowest BCUT2D eigenvalue weighted by Gasteiger charge is -2.05. The zero-order chi connectivity index (χ0) is 11.3. The van der Waals surface area contributed by atoms with Gasteiger partial charge in [0.1, 0.15) is 6.54 Å². The molecular formula is C10H18ClF2N3. The Morgan fingerprint density at radius 3 is 2.75 bits per heavy atom. The highest BCUT2D eigenvalue weighted by atomic mass is 35.5. The third-order valence-corrected chi connectivity index (χ3v) is 2.26. The molecule has 0 saturated carbocycles. The largest absolute Gasteiger partial charge is 0.313 e. The highest BCUT2D eigenvalue weighted by Crippen LogP contribution is 2.08. The Bertz CT molecular complexity index is 302. The van der Waals surface area contributed by atoms with Crippen molar-refractivity contribution in [3.63, 3.8) is 0 Å². The first kappa shape index (κ1) is 15.3. The van der Waals surface area contributed by atoms with E-state index in [1.807, 2.05) is 6.92 Å². The standard InChI is InChI=1S/C10H17F2N3.ClH/c1-3-4-13-5-9-6-14-15(8(9)2)7-10(11)12;/h6,10,13H,3-5,7H2,1-2H3;1H. The fourth-order valence-corrected chi connectivity index (χ4v) is 1.37. The average Bonchev–Trinajstić information content (AvgIpc) is 2.49. The molecule has 0 saturated heterocycles. The summed E-state index contributed by atoms with van der Waals surface area (Å²) in [5.74, 6) is 0. The molecule has 3 nitrogen and oxygen atoms in total. The van der Waals surface area contributed by atoms with E-state index < -0.39 is 6.43 Å². The van der Waals surface area contributed by atoms with Crippen molar-refractivity contribution in [1.82, 2.24) is 15.1 Å². The van der Waals surface area contributed by atoms with Gasteiger partial charge in [-0.2, -0.15) is 5.10 Å². The molecule has 0 aliphatic heterocycles. The van der Waals surface area contributed by atoms with Crippen LogP contribution in [-0.4, -0.2) is 22.8 Å². The maximum Gasteiger partial charge on any atom is 0.257 e. The second-order valence-electron chi connectivity index (χ2n) is 3.51. The Morgan fingerprint density at radius 1 is 1.50 bits per heavy atom. The van der Waals surface area contributed by atoms with Gasteiger partial charge < -0.3 is 5.32 Å². The third-order valence-electron chi connectivity index (χ3n) is 2.26. The van der Waals surface area contributed by atoms with E-state index in [1.165, 1.54) is 4.68 Å². The molecule has 6 heteroatoms. The van der Waals surface area contributed by atoms with Crippen LogP contribution in [0.5, 0.6) is 0 Å². The van der Waals surface area contributed by atoms with Gasteiger partial charge in [0, 0.05) is 17.8 Å². The van der Waals surface area contributed by atoms with Crippen LogP contribution in [0.15, 0.2) is 6.20 Å². The van der Waals surface area contributed by atoms with E-state index in [0.717, 1.165) is 24.2 Å². The summed E-state index contributed by atoms with van der Waals surface area (Å²) >= 11 is 0. The van der Waals surface area contributed by atoms with E-state index in [9.17, 15) is 8.78 Å². The summed E-state index contributed by atoms with van der Waals surface area (Å²) in [4.78, 5) is 0. The molecule has 0 aliphatic carbocycles. The van der Waals surface area contributed by atoms with Gasteiger partial charge in [0.15, 0.2) is 0 Å². The molecule has 0 aromatic carbocycles. The topological polar surface area (TPSA) is 29.9 Å². The first-order valence-electron chi connectivity index (χ1n) is 5.15. The number of alkyl halides is 2. The summed E-state index contributed by atoms with van der Waals surface area (Å²) in [5.41, 5.74) is 1.81. The molecule has 0 unspecified atom stereocenters. The van der Waals surface area contributed by atoms with Crippen molar-refractivity contribution in [1.29, 1.82) is 0 Å². The van der Waals surface area contributed by atoms with Gasteiger partial charge in [-0.1, -0.05) is 6.92 Å². The van der Waals surface area contributed by atoms with E-state index in [1.54, 1.807) is 6.20 Å². The zero-order valence-electron chi connectivity index (χ0n) is 9.54. The number of hydrogen-bond acceptors (Lipinski definition) is 2. The molecule has 0 amide bonds. The number of nitrogens with zero attached hydrogens (tertiary/aromatic N) is 2. The van der Waals surface area contributed by atoms with Crippen LogP contribution in [0.25, 0.3) is 0 Å². The normalized spacial score (nSPS) is 10.6. The molecule has 1 aromatic heterocycles. The SMILES string of the molecule is CCCNCc1cnn(CC(F)F)c1C.Cl. The molecule has 1 heterocycles. The molecule has 1 rings (SSSR count). The Hall–Kier alpha value is -0.680. The lowest BCUT2D eigenvalue weighted by molar-refractivity contribution is 0.121. The Balaban J connectivity index is 0.00000225. The highest BCUT2D eigenvalue weighted by molar-refractivity contribution is 5.85. The first-order valence-corrected chi connectivity index (χ1v) is 5.15. The molecular weight excluding hydrogens is 236 g/mol. The van der Waals surface area contributed by atoms with E-state index >= 15 is 0 Å². The molecule has 1 aromatic rings. The molecule has 0 aliphatic rings. The molecule has 0 spiro atoms. The summed E-state index contributed by atoms with van der Waals surface area (Å²) in [5, 5.41) is 7.15. The van der Waals surface area contributed by atoms with Gasteiger partial charge in [-0.15, -0.1) is 12.4 Å². The van der Waals surface area contributed by atoms with Crippen molar-refractivity contribution in [3.8, 4) is 0 Å². The summed E-state index contributed by atoms with van der Waals surface area (Å²) in [7, 11) is 0. The maximum atomic E-state index is 12.1. The van der Waals surface area contributed by atoms with Crippen molar-refractivity contribution < 1.29 is 8.78 Å². The number of hydrogen-bond donors (Lipinski definition) is 1. The van der Waals surface area contributed by atoms with Crippen molar-refractivity contribution >= 4 is 12.4 Å². The van der Waals surface area contributed by atoms with Crippen LogP contribution in [0.1, 0.15) is 24.6 Å². The predicted molar refractivity (Wildman–Crippen MR) is 62.2 cm³/mol. The molecule has 1 N–H and O–H groups in total. The van der Waals surface area contributed by atoms with Crippen molar-refractivity contribution in [2.45, 2.75) is 39.8 Å². The van der Waals surface area contributed by atoms with Crippen molar-refractivity contribution in [2.24, 2.45) is 0 Å². The average molecular weight is 254 g/mol. The molecule has 16 heavy (non-hydrogen) atoms. The van der Waals surface area contributed by atoms with E-state index in [2.05, 4.69) is 17.3 Å². The van der Waals surface area contributed by atoms with E-state index in [4.69, 9.17) is 0 Å². The van der Waals surface area contributed by atoms with Crippen LogP contribution in [0, 0.1) is 6.92 Å². The smallest absolute Gasteiger partial charge is 0.257 e. The van der Waals surface area contributed by atoms with Gasteiger partial charge in [-0.25, -0.2) is 8.78 Å². The molecule has 0 radical (unpaired) electrons. The van der Waals surface area contributed by atoms with Gasteiger partial charge in [0.25, 0.3) is 6.43 Å². The van der Waals surface area contributed by atoms with Crippen LogP contribution in [0.3, 0.4) is 0 Å². The van der Waals surface area contributed by atoms with Gasteiger partial charge in [0.2, 0.25) is 0 Å². The van der Waals surface area contributed by atoms with Crippen LogP contribution in [0.4, 0.5) is 8.78 Å². The first-order chi connectivity index (χ1) is 7.15. The predicted octanol–water partition coefficient (Wildman–Crippen LogP) is 2.38. The van der Waals surface area contributed by atoms with Crippen LogP contribution in [0.2, 0.25) is 0 Å². The monoisotopic (exact) mass is 253 g/mol. The summed E-state index contributed by atoms with van der Waals surface area (Å²) in [6.45, 7) is 5.21. The number of aromatic nitrogens is 2. The van der Waals surface area contributed by atoms with Gasteiger partial charge in [0.05, 0.1) is 6.20 Å². The fraction of sp³-hybridized carbons (Fsp3) is 0.700. The summed E-state index contributed by atoms with van der Waals surface area (Å²) in [6.07, 6.45) is 0.366. The quantitative estimate of drug-likeness (QED) is 0.789. The molecule has 94 valence electrons. The molecule has 0 atom stereocenters. The van der Waals surface area contributed by atoms with Crippen molar-refractivity contribution in [2.75, 3.05) is 6.54 Å². The number of nitrogens with one attached hydrogen (secondary N) is 1. The highest BCUT2D eigenvalue weighted by Gasteiger charge is 2.10. The fourth-order valence-electron chi connectivity index (χ4n) is 1.37. The summed E-state index contributed by atoms with van der Waals surface area (Å²) < 4.78 is 25.6.